The number of benzene rings is 1. The van der Waals surface area contributed by atoms with Crippen LogP contribution in [0, 0.1) is 5.41 Å². The van der Waals surface area contributed by atoms with Crippen LogP contribution in [-0.2, 0) is 4.79 Å². The van der Waals surface area contributed by atoms with Crippen molar-refractivity contribution in [3.05, 3.63) is 33.8 Å². The van der Waals surface area contributed by atoms with E-state index in [1.165, 1.54) is 0 Å². The van der Waals surface area contributed by atoms with Crippen molar-refractivity contribution in [2.75, 3.05) is 26.2 Å². The Bertz CT molecular complexity index is 701. The van der Waals surface area contributed by atoms with E-state index in [1.54, 1.807) is 34.9 Å². The zero-order valence-electron chi connectivity index (χ0n) is 13.0. The Balaban J connectivity index is 1.64. The summed E-state index contributed by atoms with van der Waals surface area (Å²) in [5, 5.41) is 0.598. The number of nitrogens with zero attached hydrogens (tertiary/aromatic N) is 2. The standard InChI is InChI=1S/C16H16Cl4N2O2/c1-15(9-16(15,19)20)14(24)22-7-5-21(6-8-22)13(23)10-3-2-4-11(17)12(10)18/h2-4H,5-9H2,1H3. The number of hydrogen-bond donors (Lipinski definition) is 0. The molecule has 1 unspecified atom stereocenters. The summed E-state index contributed by atoms with van der Waals surface area (Å²) in [5.74, 6) is -0.239. The van der Waals surface area contributed by atoms with Gasteiger partial charge in [0.25, 0.3) is 5.91 Å². The second-order valence-electron chi connectivity index (χ2n) is 6.40. The normalized spacial score (nSPS) is 25.5. The molecule has 0 radical (unpaired) electrons. The van der Waals surface area contributed by atoms with Crippen molar-refractivity contribution in [3.63, 3.8) is 0 Å². The zero-order chi connectivity index (χ0) is 17.7. The van der Waals surface area contributed by atoms with E-state index in [9.17, 15) is 9.59 Å². The molecule has 0 N–H and O–H groups in total. The van der Waals surface area contributed by atoms with Crippen LogP contribution in [-0.4, -0.2) is 52.1 Å². The number of rotatable bonds is 2. The lowest BCUT2D eigenvalue weighted by Crippen LogP contribution is -2.52. The highest BCUT2D eigenvalue weighted by molar-refractivity contribution is 6.53. The first kappa shape index (κ1) is 18.1. The van der Waals surface area contributed by atoms with Crippen molar-refractivity contribution in [2.45, 2.75) is 17.7 Å². The topological polar surface area (TPSA) is 40.6 Å². The first-order chi connectivity index (χ1) is 11.2. The molecule has 0 bridgehead atoms. The van der Waals surface area contributed by atoms with Gasteiger partial charge in [0.1, 0.15) is 4.33 Å². The van der Waals surface area contributed by atoms with Gasteiger partial charge in [0, 0.05) is 26.2 Å². The van der Waals surface area contributed by atoms with E-state index in [0.29, 0.717) is 43.2 Å². The molecule has 1 aliphatic carbocycles. The number of amides is 2. The summed E-state index contributed by atoms with van der Waals surface area (Å²) in [6, 6.07) is 4.97. The predicted molar refractivity (Wildman–Crippen MR) is 96.1 cm³/mol. The van der Waals surface area contributed by atoms with Gasteiger partial charge in [-0.05, 0) is 25.5 Å². The van der Waals surface area contributed by atoms with Crippen molar-refractivity contribution in [2.24, 2.45) is 5.41 Å². The van der Waals surface area contributed by atoms with Crippen molar-refractivity contribution in [1.82, 2.24) is 9.80 Å². The Morgan fingerprint density at radius 2 is 1.58 bits per heavy atom. The number of carbonyl (C=O) groups excluding carboxylic acids is 2. The van der Waals surface area contributed by atoms with Gasteiger partial charge in [-0.2, -0.15) is 0 Å². The number of carbonyl (C=O) groups is 2. The van der Waals surface area contributed by atoms with Crippen molar-refractivity contribution in [3.8, 4) is 0 Å². The van der Waals surface area contributed by atoms with Crippen molar-refractivity contribution in [1.29, 1.82) is 0 Å². The molecule has 3 rings (SSSR count). The Hall–Kier alpha value is -0.680. The van der Waals surface area contributed by atoms with E-state index in [4.69, 9.17) is 46.4 Å². The fraction of sp³-hybridized carbons (Fsp3) is 0.500. The maximum Gasteiger partial charge on any atom is 0.255 e. The summed E-state index contributed by atoms with van der Waals surface area (Å²) in [4.78, 5) is 28.5. The SMILES string of the molecule is CC1(C(=O)N2CCN(C(=O)c3cccc(Cl)c3Cl)CC2)CC1(Cl)Cl. The van der Waals surface area contributed by atoms with Crippen LogP contribution in [0.1, 0.15) is 23.7 Å². The largest absolute Gasteiger partial charge is 0.339 e. The molecule has 1 saturated heterocycles. The Morgan fingerprint density at radius 3 is 2.12 bits per heavy atom. The molecule has 0 spiro atoms. The summed E-state index contributed by atoms with van der Waals surface area (Å²) in [6.45, 7) is 3.53. The molecule has 2 fully saturated rings. The lowest BCUT2D eigenvalue weighted by atomic mass is 10.1. The van der Waals surface area contributed by atoms with Gasteiger partial charge < -0.3 is 9.80 Å². The molecule has 2 amide bonds. The molecule has 1 aliphatic heterocycles. The number of piperazine rings is 1. The Labute approximate surface area is 160 Å². The summed E-state index contributed by atoms with van der Waals surface area (Å²) < 4.78 is -0.981. The minimum atomic E-state index is -0.981. The van der Waals surface area contributed by atoms with E-state index in [0.717, 1.165) is 0 Å². The highest BCUT2D eigenvalue weighted by Crippen LogP contribution is 2.64. The molecule has 1 atom stereocenters. The van der Waals surface area contributed by atoms with Crippen LogP contribution in [0.5, 0.6) is 0 Å². The minimum Gasteiger partial charge on any atom is -0.339 e. The fourth-order valence-electron chi connectivity index (χ4n) is 2.93. The highest BCUT2D eigenvalue weighted by atomic mass is 35.5. The summed E-state index contributed by atoms with van der Waals surface area (Å²) in [7, 11) is 0. The lowest BCUT2D eigenvalue weighted by molar-refractivity contribution is -0.137. The molecular weight excluding hydrogens is 394 g/mol. The monoisotopic (exact) mass is 408 g/mol. The average Bonchev–Trinajstić information content (AvgIpc) is 3.08. The van der Waals surface area contributed by atoms with Crippen LogP contribution in [0.15, 0.2) is 18.2 Å². The van der Waals surface area contributed by atoms with Crippen LogP contribution in [0.2, 0.25) is 10.0 Å². The third-order valence-corrected chi connectivity index (χ3v) is 6.69. The maximum absolute atomic E-state index is 12.6. The molecule has 0 aromatic heterocycles. The highest BCUT2D eigenvalue weighted by Gasteiger charge is 2.68. The molecule has 24 heavy (non-hydrogen) atoms. The third kappa shape index (κ3) is 2.98. The quantitative estimate of drug-likeness (QED) is 0.695. The number of halogens is 4. The van der Waals surface area contributed by atoms with Gasteiger partial charge in [0.15, 0.2) is 0 Å². The fourth-order valence-corrected chi connectivity index (χ4v) is 4.01. The van der Waals surface area contributed by atoms with Crippen LogP contribution >= 0.6 is 46.4 Å². The molecule has 1 aromatic rings. The molecule has 1 heterocycles. The summed E-state index contributed by atoms with van der Waals surface area (Å²) in [6.07, 6.45) is 0.458. The first-order valence-electron chi connectivity index (χ1n) is 7.58. The van der Waals surface area contributed by atoms with Gasteiger partial charge >= 0.3 is 0 Å². The van der Waals surface area contributed by atoms with E-state index in [2.05, 4.69) is 0 Å². The molecule has 1 saturated carbocycles. The maximum atomic E-state index is 12.6. The van der Waals surface area contributed by atoms with Gasteiger partial charge in [-0.15, -0.1) is 23.2 Å². The molecule has 130 valence electrons. The van der Waals surface area contributed by atoms with Gasteiger partial charge in [-0.3, -0.25) is 9.59 Å². The van der Waals surface area contributed by atoms with Gasteiger partial charge in [-0.1, -0.05) is 29.3 Å². The van der Waals surface area contributed by atoms with Crippen LogP contribution in [0.3, 0.4) is 0 Å². The summed E-state index contributed by atoms with van der Waals surface area (Å²) >= 11 is 24.2. The van der Waals surface area contributed by atoms with E-state index < -0.39 is 9.75 Å². The van der Waals surface area contributed by atoms with Crippen molar-refractivity contribution >= 4 is 58.2 Å². The van der Waals surface area contributed by atoms with E-state index >= 15 is 0 Å². The van der Waals surface area contributed by atoms with Crippen LogP contribution < -0.4 is 0 Å². The number of alkyl halides is 2. The molecule has 2 aliphatic rings. The predicted octanol–water partition coefficient (Wildman–Crippen LogP) is 3.86. The Morgan fingerprint density at radius 1 is 1.04 bits per heavy atom. The zero-order valence-corrected chi connectivity index (χ0v) is 16.0. The second kappa shape index (κ2) is 6.24. The average molecular weight is 410 g/mol. The van der Waals surface area contributed by atoms with Gasteiger partial charge in [-0.25, -0.2) is 0 Å². The van der Waals surface area contributed by atoms with Gasteiger partial charge in [0.2, 0.25) is 5.91 Å². The minimum absolute atomic E-state index is 0.0552. The van der Waals surface area contributed by atoms with E-state index in [-0.39, 0.29) is 16.8 Å². The lowest BCUT2D eigenvalue weighted by Gasteiger charge is -2.36. The van der Waals surface area contributed by atoms with Crippen LogP contribution in [0.4, 0.5) is 0 Å². The second-order valence-corrected chi connectivity index (χ2v) is 8.67. The summed E-state index contributed by atoms with van der Waals surface area (Å²) in [5.41, 5.74) is -0.350. The Kier molecular flexibility index (Phi) is 4.71. The van der Waals surface area contributed by atoms with Crippen molar-refractivity contribution < 1.29 is 9.59 Å². The van der Waals surface area contributed by atoms with Gasteiger partial charge in [0.05, 0.1) is 21.0 Å². The smallest absolute Gasteiger partial charge is 0.255 e. The molecule has 1 aromatic carbocycles. The molecule has 4 nitrogen and oxygen atoms in total. The number of hydrogen-bond acceptors (Lipinski definition) is 2. The molecular formula is C16H16Cl4N2O2. The first-order valence-corrected chi connectivity index (χ1v) is 9.09. The van der Waals surface area contributed by atoms with E-state index in [1.807, 2.05) is 0 Å². The van der Waals surface area contributed by atoms with Crippen LogP contribution in [0.25, 0.3) is 0 Å². The third-order valence-electron chi connectivity index (χ3n) is 4.77. The molecule has 8 heteroatoms.